The molecule has 4 aliphatic carbocycles. The number of rotatable bonds is 1. The van der Waals surface area contributed by atoms with Crippen LogP contribution in [0.25, 0.3) is 0 Å². The van der Waals surface area contributed by atoms with Crippen LogP contribution < -0.4 is 0 Å². The molecule has 1 N–H and O–H groups in total. The van der Waals surface area contributed by atoms with Gasteiger partial charge >= 0.3 is 0 Å². The number of carbonyl (C=O) groups is 2. The molecule has 0 amide bonds. The van der Waals surface area contributed by atoms with Gasteiger partial charge in [0.2, 0.25) is 0 Å². The Balaban J connectivity index is 2.11. The summed E-state index contributed by atoms with van der Waals surface area (Å²) < 4.78 is 0. The third-order valence-corrected chi connectivity index (χ3v) is 4.72. The van der Waals surface area contributed by atoms with Crippen molar-refractivity contribution >= 4 is 11.6 Å². The molecular weight excluding hydrogens is 192 g/mol. The highest BCUT2D eigenvalue weighted by Gasteiger charge is 2.65. The second-order valence-electron chi connectivity index (χ2n) is 5.78. The Bertz CT molecular complexity index is 344. The fourth-order valence-electron chi connectivity index (χ4n) is 4.32. The molecule has 4 rings (SSSR count). The molecule has 0 aromatic carbocycles. The molecule has 2 unspecified atom stereocenters. The van der Waals surface area contributed by atoms with Gasteiger partial charge in [0.05, 0.1) is 5.41 Å². The van der Waals surface area contributed by atoms with Crippen LogP contribution in [0.15, 0.2) is 0 Å². The topological polar surface area (TPSA) is 54.4 Å². The second-order valence-corrected chi connectivity index (χ2v) is 5.78. The number of hydrogen-bond donors (Lipinski definition) is 1. The Hall–Kier alpha value is -0.700. The smallest absolute Gasteiger partial charge is 0.177 e. The molecule has 0 aliphatic heterocycles. The Labute approximate surface area is 88.9 Å². The van der Waals surface area contributed by atoms with E-state index in [1.807, 2.05) is 0 Å². The number of Topliss-reactive ketones (excluding diaryl/α,β-unsaturated/α-hetero) is 2. The van der Waals surface area contributed by atoms with E-state index in [4.69, 9.17) is 0 Å². The van der Waals surface area contributed by atoms with E-state index in [1.54, 1.807) is 0 Å². The summed E-state index contributed by atoms with van der Waals surface area (Å²) in [4.78, 5) is 23.9. The van der Waals surface area contributed by atoms with Crippen molar-refractivity contribution in [3.05, 3.63) is 0 Å². The van der Waals surface area contributed by atoms with E-state index in [0.29, 0.717) is 37.5 Å². The lowest BCUT2D eigenvalue weighted by Crippen LogP contribution is -2.65. The van der Waals surface area contributed by atoms with Gasteiger partial charge in [0, 0.05) is 0 Å². The average molecular weight is 208 g/mol. The maximum atomic E-state index is 12.2. The molecule has 0 saturated heterocycles. The van der Waals surface area contributed by atoms with Crippen molar-refractivity contribution in [2.45, 2.75) is 44.6 Å². The molecule has 4 saturated carbocycles. The highest BCUT2D eigenvalue weighted by molar-refractivity contribution is 6.11. The summed E-state index contributed by atoms with van der Waals surface area (Å²) in [7, 11) is 0. The van der Waals surface area contributed by atoms with Crippen LogP contribution in [0.2, 0.25) is 0 Å². The van der Waals surface area contributed by atoms with Crippen molar-refractivity contribution < 1.29 is 14.7 Å². The highest BCUT2D eigenvalue weighted by Crippen LogP contribution is 2.59. The van der Waals surface area contributed by atoms with Gasteiger partial charge in [0.15, 0.2) is 5.78 Å². The van der Waals surface area contributed by atoms with E-state index in [0.717, 1.165) is 6.42 Å². The molecule has 4 fully saturated rings. The van der Waals surface area contributed by atoms with Crippen molar-refractivity contribution in [2.24, 2.45) is 17.3 Å². The van der Waals surface area contributed by atoms with E-state index >= 15 is 0 Å². The zero-order valence-electron chi connectivity index (χ0n) is 8.95. The molecule has 2 atom stereocenters. The van der Waals surface area contributed by atoms with Gasteiger partial charge in [-0.1, -0.05) is 0 Å². The number of hydrogen-bond acceptors (Lipinski definition) is 3. The molecule has 0 aromatic heterocycles. The molecule has 0 aromatic rings. The maximum Gasteiger partial charge on any atom is 0.177 e. The Kier molecular flexibility index (Phi) is 1.59. The van der Waals surface area contributed by atoms with E-state index in [-0.39, 0.29) is 11.6 Å². The van der Waals surface area contributed by atoms with Crippen LogP contribution >= 0.6 is 0 Å². The largest absolute Gasteiger partial charge is 0.382 e. The summed E-state index contributed by atoms with van der Waals surface area (Å²) in [6, 6.07) is 0. The fraction of sp³-hybridized carbons (Fsp3) is 0.833. The van der Waals surface area contributed by atoms with E-state index in [2.05, 4.69) is 0 Å². The van der Waals surface area contributed by atoms with Gasteiger partial charge in [-0.15, -0.1) is 0 Å². The lowest BCUT2D eigenvalue weighted by atomic mass is 9.46. The van der Waals surface area contributed by atoms with E-state index < -0.39 is 11.0 Å². The fourth-order valence-corrected chi connectivity index (χ4v) is 4.32. The SMILES string of the molecule is CC(=O)C12CC3CC(CC(O)(C3)C1=O)C2. The zero-order valence-corrected chi connectivity index (χ0v) is 8.95. The molecule has 15 heavy (non-hydrogen) atoms. The van der Waals surface area contributed by atoms with E-state index in [1.165, 1.54) is 6.92 Å². The summed E-state index contributed by atoms with van der Waals surface area (Å²) in [5.41, 5.74) is -1.96. The van der Waals surface area contributed by atoms with Crippen LogP contribution in [-0.2, 0) is 9.59 Å². The third kappa shape index (κ3) is 0.996. The van der Waals surface area contributed by atoms with Crippen molar-refractivity contribution in [1.29, 1.82) is 0 Å². The second kappa shape index (κ2) is 2.51. The van der Waals surface area contributed by atoms with Gasteiger partial charge in [-0.3, -0.25) is 9.59 Å². The summed E-state index contributed by atoms with van der Waals surface area (Å²) in [6.45, 7) is 1.51. The lowest BCUT2D eigenvalue weighted by Gasteiger charge is -2.57. The quantitative estimate of drug-likeness (QED) is 0.656. The summed E-state index contributed by atoms with van der Waals surface area (Å²) in [6.07, 6.45) is 3.68. The first kappa shape index (κ1) is 9.52. The van der Waals surface area contributed by atoms with Gasteiger partial charge in [0.1, 0.15) is 11.4 Å². The molecular formula is C12H16O3. The van der Waals surface area contributed by atoms with Gasteiger partial charge in [-0.05, 0) is 50.9 Å². The van der Waals surface area contributed by atoms with E-state index in [9.17, 15) is 14.7 Å². The normalized spacial score (nSPS) is 52.3. The van der Waals surface area contributed by atoms with Crippen molar-refractivity contribution in [3.63, 3.8) is 0 Å². The van der Waals surface area contributed by atoms with Gasteiger partial charge in [-0.25, -0.2) is 0 Å². The maximum absolute atomic E-state index is 12.2. The summed E-state index contributed by atoms with van der Waals surface area (Å²) in [5.74, 6) is 0.586. The van der Waals surface area contributed by atoms with Crippen molar-refractivity contribution in [2.75, 3.05) is 0 Å². The average Bonchev–Trinajstić information content (AvgIpc) is 2.12. The Morgan fingerprint density at radius 2 is 1.80 bits per heavy atom. The molecule has 3 heteroatoms. The summed E-state index contributed by atoms with van der Waals surface area (Å²) >= 11 is 0. The van der Waals surface area contributed by atoms with Crippen LogP contribution in [-0.4, -0.2) is 22.3 Å². The standard InChI is InChI=1S/C12H16O3/c1-7(13)11-3-8-2-9(4-11)6-12(15,5-8)10(11)14/h8-9,15H,2-6H2,1H3. The lowest BCUT2D eigenvalue weighted by molar-refractivity contribution is -0.186. The van der Waals surface area contributed by atoms with Crippen LogP contribution in [0.3, 0.4) is 0 Å². The number of ketones is 2. The minimum absolute atomic E-state index is 0.0278. The molecule has 0 spiro atoms. The van der Waals surface area contributed by atoms with Crippen LogP contribution in [0.5, 0.6) is 0 Å². The molecule has 3 nitrogen and oxygen atoms in total. The molecule has 4 bridgehead atoms. The molecule has 0 heterocycles. The highest BCUT2D eigenvalue weighted by atomic mass is 16.3. The predicted octanol–water partition coefficient (Wildman–Crippen LogP) is 1.09. The minimum Gasteiger partial charge on any atom is -0.382 e. The van der Waals surface area contributed by atoms with Crippen LogP contribution in [0.4, 0.5) is 0 Å². The molecule has 0 radical (unpaired) electrons. The van der Waals surface area contributed by atoms with Gasteiger partial charge in [0.25, 0.3) is 0 Å². The van der Waals surface area contributed by atoms with Crippen molar-refractivity contribution in [3.8, 4) is 0 Å². The van der Waals surface area contributed by atoms with Gasteiger partial charge < -0.3 is 5.11 Å². The Morgan fingerprint density at radius 3 is 2.27 bits per heavy atom. The first-order valence-electron chi connectivity index (χ1n) is 5.75. The first-order valence-corrected chi connectivity index (χ1v) is 5.75. The van der Waals surface area contributed by atoms with Crippen LogP contribution in [0.1, 0.15) is 39.0 Å². The summed E-state index contributed by atoms with van der Waals surface area (Å²) in [5, 5.41) is 10.3. The monoisotopic (exact) mass is 208 g/mol. The van der Waals surface area contributed by atoms with Crippen LogP contribution in [0, 0.1) is 17.3 Å². The number of carbonyl (C=O) groups excluding carboxylic acids is 2. The van der Waals surface area contributed by atoms with Gasteiger partial charge in [-0.2, -0.15) is 0 Å². The number of aliphatic hydroxyl groups is 1. The zero-order chi connectivity index (χ0) is 10.8. The Morgan fingerprint density at radius 1 is 1.27 bits per heavy atom. The van der Waals surface area contributed by atoms with Crippen molar-refractivity contribution in [1.82, 2.24) is 0 Å². The third-order valence-electron chi connectivity index (χ3n) is 4.72. The minimum atomic E-state index is -1.16. The molecule has 4 aliphatic rings. The predicted molar refractivity (Wildman–Crippen MR) is 53.1 cm³/mol. The molecule has 82 valence electrons. The first-order chi connectivity index (χ1) is 6.96.